The third kappa shape index (κ3) is 2.86. The maximum atomic E-state index is 10.5. The molecule has 0 unspecified atom stereocenters. The number of hydrogen-bond donors (Lipinski definition) is 2. The Labute approximate surface area is 95.0 Å². The van der Waals surface area contributed by atoms with Crippen LogP contribution >= 0.6 is 0 Å². The lowest BCUT2D eigenvalue weighted by atomic mass is 9.96. The maximum absolute atomic E-state index is 10.5. The topological polar surface area (TPSA) is 57.5 Å². The van der Waals surface area contributed by atoms with Gasteiger partial charge in [0.2, 0.25) is 0 Å². The van der Waals surface area contributed by atoms with Crippen LogP contribution in [0.2, 0.25) is 0 Å². The molecule has 0 aliphatic rings. The Kier molecular flexibility index (Phi) is 4.11. The van der Waals surface area contributed by atoms with Crippen molar-refractivity contribution in [1.29, 1.82) is 0 Å². The molecule has 0 aliphatic heterocycles. The number of hydrogen-bond acceptors (Lipinski definition) is 2. The van der Waals surface area contributed by atoms with Gasteiger partial charge in [-0.3, -0.25) is 4.79 Å². The SMILES string of the molecule is CC/C(=C\CC(=O)O)c1c(C)cccc1O. The number of aliphatic carboxylic acids is 1. The van der Waals surface area contributed by atoms with Crippen molar-refractivity contribution in [3.8, 4) is 5.75 Å². The normalized spacial score (nSPS) is 11.5. The molecule has 0 fully saturated rings. The quantitative estimate of drug-likeness (QED) is 0.820. The maximum Gasteiger partial charge on any atom is 0.307 e. The van der Waals surface area contributed by atoms with Gasteiger partial charge < -0.3 is 10.2 Å². The first-order valence-electron chi connectivity index (χ1n) is 5.26. The van der Waals surface area contributed by atoms with Crippen LogP contribution in [0.5, 0.6) is 5.75 Å². The summed E-state index contributed by atoms with van der Waals surface area (Å²) in [6.07, 6.45) is 2.34. The molecule has 0 saturated heterocycles. The third-order valence-electron chi connectivity index (χ3n) is 2.48. The van der Waals surface area contributed by atoms with Crippen molar-refractivity contribution < 1.29 is 15.0 Å². The van der Waals surface area contributed by atoms with Crippen LogP contribution in [0, 0.1) is 6.92 Å². The lowest BCUT2D eigenvalue weighted by molar-refractivity contribution is -0.135. The first-order valence-corrected chi connectivity index (χ1v) is 5.26. The summed E-state index contributed by atoms with van der Waals surface area (Å²) in [7, 11) is 0. The molecule has 2 N–H and O–H groups in total. The average Bonchev–Trinajstić information content (AvgIpc) is 2.22. The highest BCUT2D eigenvalue weighted by molar-refractivity contribution is 5.77. The van der Waals surface area contributed by atoms with E-state index in [1.165, 1.54) is 0 Å². The van der Waals surface area contributed by atoms with Crippen molar-refractivity contribution in [3.05, 3.63) is 35.4 Å². The summed E-state index contributed by atoms with van der Waals surface area (Å²) in [6, 6.07) is 5.30. The molecule has 0 atom stereocenters. The molecule has 1 aromatic rings. The van der Waals surface area contributed by atoms with E-state index in [0.29, 0.717) is 6.42 Å². The molecule has 86 valence electrons. The molecule has 0 spiro atoms. The van der Waals surface area contributed by atoms with Crippen LogP contribution in [0.15, 0.2) is 24.3 Å². The van der Waals surface area contributed by atoms with Gasteiger partial charge in [0.1, 0.15) is 5.75 Å². The van der Waals surface area contributed by atoms with Gasteiger partial charge in [0, 0.05) is 5.56 Å². The van der Waals surface area contributed by atoms with Gasteiger partial charge in [-0.05, 0) is 30.5 Å². The van der Waals surface area contributed by atoms with Gasteiger partial charge in [0.05, 0.1) is 6.42 Å². The number of allylic oxidation sites excluding steroid dienone is 1. The number of aryl methyl sites for hydroxylation is 1. The van der Waals surface area contributed by atoms with E-state index in [-0.39, 0.29) is 12.2 Å². The summed E-state index contributed by atoms with van der Waals surface area (Å²) in [5.41, 5.74) is 2.59. The molecule has 0 heterocycles. The predicted octanol–water partition coefficient (Wildman–Crippen LogP) is 2.97. The summed E-state index contributed by atoms with van der Waals surface area (Å²) in [6.45, 7) is 3.85. The van der Waals surface area contributed by atoms with Gasteiger partial charge in [-0.1, -0.05) is 25.1 Å². The van der Waals surface area contributed by atoms with E-state index in [4.69, 9.17) is 5.11 Å². The molecule has 0 bridgehead atoms. The Morgan fingerprint density at radius 3 is 2.62 bits per heavy atom. The number of phenolic OH excluding ortho intramolecular Hbond substituents is 1. The van der Waals surface area contributed by atoms with Crippen molar-refractivity contribution in [2.75, 3.05) is 0 Å². The Hall–Kier alpha value is -1.77. The number of phenols is 1. The molecule has 0 amide bonds. The minimum Gasteiger partial charge on any atom is -0.507 e. The van der Waals surface area contributed by atoms with Crippen LogP contribution < -0.4 is 0 Å². The summed E-state index contributed by atoms with van der Waals surface area (Å²) in [5.74, 6) is -0.655. The summed E-state index contributed by atoms with van der Waals surface area (Å²) in [5, 5.41) is 18.4. The standard InChI is InChI=1S/C13H16O3/c1-3-10(7-8-12(15)16)13-9(2)5-4-6-11(13)14/h4-7,14H,3,8H2,1-2H3,(H,15,16)/b10-7+. The Balaban J connectivity index is 3.13. The van der Waals surface area contributed by atoms with E-state index in [2.05, 4.69) is 0 Å². The third-order valence-corrected chi connectivity index (χ3v) is 2.48. The zero-order valence-corrected chi connectivity index (χ0v) is 9.53. The van der Waals surface area contributed by atoms with Crippen LogP contribution in [0.1, 0.15) is 30.9 Å². The summed E-state index contributed by atoms with van der Waals surface area (Å²) >= 11 is 0. The Bertz CT molecular complexity index is 399. The molecule has 16 heavy (non-hydrogen) atoms. The van der Waals surface area contributed by atoms with E-state index in [0.717, 1.165) is 16.7 Å². The average molecular weight is 220 g/mol. The first kappa shape index (κ1) is 12.3. The Morgan fingerprint density at radius 2 is 2.12 bits per heavy atom. The number of carboxylic acids is 1. The lowest BCUT2D eigenvalue weighted by Gasteiger charge is -2.10. The number of carbonyl (C=O) groups is 1. The van der Waals surface area contributed by atoms with Gasteiger partial charge in [-0.2, -0.15) is 0 Å². The van der Waals surface area contributed by atoms with Crippen molar-refractivity contribution in [2.45, 2.75) is 26.7 Å². The van der Waals surface area contributed by atoms with E-state index in [1.54, 1.807) is 18.2 Å². The van der Waals surface area contributed by atoms with Gasteiger partial charge in [-0.25, -0.2) is 0 Å². The molecule has 3 heteroatoms. The second-order valence-corrected chi connectivity index (χ2v) is 3.65. The van der Waals surface area contributed by atoms with Crippen LogP contribution in [0.4, 0.5) is 0 Å². The highest BCUT2D eigenvalue weighted by atomic mass is 16.4. The molecule has 0 radical (unpaired) electrons. The lowest BCUT2D eigenvalue weighted by Crippen LogP contribution is -1.94. The highest BCUT2D eigenvalue weighted by Gasteiger charge is 2.08. The zero-order chi connectivity index (χ0) is 12.1. The van der Waals surface area contributed by atoms with Crippen LogP contribution in [0.25, 0.3) is 5.57 Å². The zero-order valence-electron chi connectivity index (χ0n) is 9.53. The largest absolute Gasteiger partial charge is 0.507 e. The van der Waals surface area contributed by atoms with Crippen LogP contribution in [0.3, 0.4) is 0 Å². The van der Waals surface area contributed by atoms with Gasteiger partial charge in [-0.15, -0.1) is 0 Å². The monoisotopic (exact) mass is 220 g/mol. The van der Waals surface area contributed by atoms with Crippen molar-refractivity contribution in [1.82, 2.24) is 0 Å². The fraction of sp³-hybridized carbons (Fsp3) is 0.308. The number of carboxylic acid groups (broad SMARTS) is 1. The van der Waals surface area contributed by atoms with E-state index in [1.807, 2.05) is 19.9 Å². The smallest absolute Gasteiger partial charge is 0.307 e. The fourth-order valence-electron chi connectivity index (χ4n) is 1.70. The van der Waals surface area contributed by atoms with Gasteiger partial charge >= 0.3 is 5.97 Å². The predicted molar refractivity (Wildman–Crippen MR) is 63.4 cm³/mol. The Morgan fingerprint density at radius 1 is 1.44 bits per heavy atom. The van der Waals surface area contributed by atoms with Gasteiger partial charge in [0.25, 0.3) is 0 Å². The first-order chi connectivity index (χ1) is 7.56. The second kappa shape index (κ2) is 5.35. The minimum atomic E-state index is -0.862. The fourth-order valence-corrected chi connectivity index (χ4v) is 1.70. The molecule has 0 saturated carbocycles. The molecule has 0 aliphatic carbocycles. The van der Waals surface area contributed by atoms with Crippen molar-refractivity contribution >= 4 is 11.5 Å². The molecule has 0 aromatic heterocycles. The number of benzene rings is 1. The number of rotatable bonds is 4. The van der Waals surface area contributed by atoms with E-state index >= 15 is 0 Å². The molecule has 3 nitrogen and oxygen atoms in total. The van der Waals surface area contributed by atoms with Gasteiger partial charge in [0.15, 0.2) is 0 Å². The molecular formula is C13H16O3. The highest BCUT2D eigenvalue weighted by Crippen LogP contribution is 2.30. The van der Waals surface area contributed by atoms with E-state index in [9.17, 15) is 9.90 Å². The number of aromatic hydroxyl groups is 1. The second-order valence-electron chi connectivity index (χ2n) is 3.65. The molecule has 1 aromatic carbocycles. The van der Waals surface area contributed by atoms with Crippen LogP contribution in [-0.4, -0.2) is 16.2 Å². The van der Waals surface area contributed by atoms with Crippen molar-refractivity contribution in [3.63, 3.8) is 0 Å². The van der Waals surface area contributed by atoms with Crippen LogP contribution in [-0.2, 0) is 4.79 Å². The molecular weight excluding hydrogens is 204 g/mol. The van der Waals surface area contributed by atoms with Crippen molar-refractivity contribution in [2.24, 2.45) is 0 Å². The summed E-state index contributed by atoms with van der Waals surface area (Å²) < 4.78 is 0. The minimum absolute atomic E-state index is 0.0169. The van der Waals surface area contributed by atoms with E-state index < -0.39 is 5.97 Å². The molecule has 1 rings (SSSR count). The summed E-state index contributed by atoms with van der Waals surface area (Å²) in [4.78, 5) is 10.5.